The van der Waals surface area contributed by atoms with E-state index in [0.29, 0.717) is 0 Å². The highest BCUT2D eigenvalue weighted by Gasteiger charge is 2.21. The molecule has 2 aromatic carbocycles. The molecule has 5 rings (SSSR count). The van der Waals surface area contributed by atoms with Crippen molar-refractivity contribution in [3.63, 3.8) is 0 Å². The van der Waals surface area contributed by atoms with Crippen LogP contribution in [-0.4, -0.2) is 37.2 Å². The minimum atomic E-state index is -4.97. The Kier molecular flexibility index (Phi) is 7.21. The first-order chi connectivity index (χ1) is 19.1. The molecule has 11 nitrogen and oxygen atoms in total. The fourth-order valence-electron chi connectivity index (χ4n) is 5.09. The summed E-state index contributed by atoms with van der Waals surface area (Å²) in [6.07, 6.45) is 4.36. The lowest BCUT2D eigenvalue weighted by Crippen LogP contribution is -2.34. The maximum Gasteiger partial charge on any atom is 0.335 e. The second-order valence-electron chi connectivity index (χ2n) is 9.54. The van der Waals surface area contributed by atoms with Crippen LogP contribution in [0.1, 0.15) is 42.5 Å². The number of hydrogen-bond donors (Lipinski definition) is 3. The summed E-state index contributed by atoms with van der Waals surface area (Å²) in [6, 6.07) is 10.9. The van der Waals surface area contributed by atoms with E-state index in [1.807, 2.05) is 0 Å². The van der Waals surface area contributed by atoms with Crippen LogP contribution in [0.3, 0.4) is 0 Å². The number of rotatable bonds is 6. The standard InChI is InChI=1S/C28H25N3O8S/c1-39-21-12-11-15(28(34)35)13-19(21)30-31-25-22(40(36,37)38)14-20(29-16-7-3-2-4-8-16)23-24(25)27(33)18-10-6-5-9-17(18)26(23)32/h5-6,9-14,16,30H,2-4,7-8H2,1H3,(H,34,35)(H,36,37,38). The van der Waals surface area contributed by atoms with Crippen molar-refractivity contribution in [3.8, 4) is 5.75 Å². The molecule has 0 radical (unpaired) electrons. The predicted octanol–water partition coefficient (Wildman–Crippen LogP) is 2.28. The van der Waals surface area contributed by atoms with E-state index in [1.165, 1.54) is 37.4 Å². The van der Waals surface area contributed by atoms with Gasteiger partial charge in [0.05, 0.1) is 40.2 Å². The van der Waals surface area contributed by atoms with Crippen LogP contribution >= 0.6 is 0 Å². The smallest absolute Gasteiger partial charge is 0.335 e. The summed E-state index contributed by atoms with van der Waals surface area (Å²) in [6.45, 7) is 0. The van der Waals surface area contributed by atoms with Crippen molar-refractivity contribution in [1.82, 2.24) is 0 Å². The normalized spacial score (nSPS) is 15.6. The first-order valence-electron chi connectivity index (χ1n) is 12.6. The van der Waals surface area contributed by atoms with Gasteiger partial charge in [0.2, 0.25) is 0 Å². The summed E-state index contributed by atoms with van der Waals surface area (Å²) in [4.78, 5) is 43.0. The van der Waals surface area contributed by atoms with E-state index in [1.54, 1.807) is 12.1 Å². The van der Waals surface area contributed by atoms with Gasteiger partial charge in [-0.25, -0.2) is 4.79 Å². The van der Waals surface area contributed by atoms with Gasteiger partial charge in [0.25, 0.3) is 10.1 Å². The van der Waals surface area contributed by atoms with Crippen LogP contribution in [0.4, 0.5) is 5.69 Å². The van der Waals surface area contributed by atoms with Crippen molar-refractivity contribution in [1.29, 1.82) is 0 Å². The number of carboxylic acid groups (broad SMARTS) is 1. The summed E-state index contributed by atoms with van der Waals surface area (Å²) in [5.74, 6) is -1.06. The number of fused-ring (bicyclic) bond motifs is 1. The van der Waals surface area contributed by atoms with Gasteiger partial charge in [-0.3, -0.25) is 24.6 Å². The topological polar surface area (TPSA) is 172 Å². The van der Waals surface area contributed by atoms with Crippen LogP contribution < -0.4 is 31.7 Å². The molecule has 3 aliphatic rings. The lowest BCUT2D eigenvalue weighted by molar-refractivity contribution is 0.0697. The maximum atomic E-state index is 13.8. The number of carboxylic acids is 1. The second-order valence-corrected chi connectivity index (χ2v) is 10.9. The van der Waals surface area contributed by atoms with Crippen LogP contribution in [-0.2, 0) is 10.1 Å². The van der Waals surface area contributed by atoms with Crippen molar-refractivity contribution in [2.75, 3.05) is 12.5 Å². The van der Waals surface area contributed by atoms with Gasteiger partial charge in [0.1, 0.15) is 16.0 Å². The van der Waals surface area contributed by atoms with E-state index in [-0.39, 0.29) is 49.6 Å². The molecule has 1 saturated carbocycles. The minimum Gasteiger partial charge on any atom is -0.495 e. The van der Waals surface area contributed by atoms with Crippen molar-refractivity contribution >= 4 is 32.5 Å². The number of carbonyl (C=O) groups is 1. The molecule has 2 aromatic rings. The fourth-order valence-corrected chi connectivity index (χ4v) is 5.75. The minimum absolute atomic E-state index is 0.00761. The molecule has 206 valence electrons. The Balaban J connectivity index is 1.95. The average Bonchev–Trinajstić information content (AvgIpc) is 2.94. The number of ether oxygens (including phenoxy) is 1. The first kappa shape index (κ1) is 27.2. The van der Waals surface area contributed by atoms with E-state index in [9.17, 15) is 32.5 Å². The highest BCUT2D eigenvalue weighted by Crippen LogP contribution is 2.25. The van der Waals surface area contributed by atoms with Gasteiger partial charge in [-0.1, -0.05) is 43.5 Å². The maximum absolute atomic E-state index is 13.8. The molecule has 1 fully saturated rings. The van der Waals surface area contributed by atoms with Gasteiger partial charge < -0.3 is 9.84 Å². The molecule has 0 unspecified atom stereocenters. The summed E-state index contributed by atoms with van der Waals surface area (Å²) in [5, 5.41) is 12.8. The van der Waals surface area contributed by atoms with Gasteiger partial charge in [-0.15, -0.1) is 0 Å². The molecular weight excluding hydrogens is 538 g/mol. The van der Waals surface area contributed by atoms with Crippen molar-refractivity contribution in [3.05, 3.63) is 95.7 Å². The van der Waals surface area contributed by atoms with Gasteiger partial charge >= 0.3 is 5.97 Å². The van der Waals surface area contributed by atoms with Crippen LogP contribution in [0.15, 0.2) is 73.1 Å². The zero-order valence-electron chi connectivity index (χ0n) is 21.4. The summed E-state index contributed by atoms with van der Waals surface area (Å²) in [7, 11) is -3.63. The molecule has 0 heterocycles. The Hall–Kier alpha value is -4.42. The van der Waals surface area contributed by atoms with Gasteiger partial charge in [0, 0.05) is 10.8 Å². The van der Waals surface area contributed by atoms with Crippen LogP contribution in [0.2, 0.25) is 0 Å². The molecule has 0 amide bonds. The fraction of sp³-hybridized carbons (Fsp3) is 0.250. The number of benzene rings is 2. The lowest BCUT2D eigenvalue weighted by Gasteiger charge is -2.17. The molecule has 0 bridgehead atoms. The SMILES string of the molecule is COc1ccc(C(=O)O)cc1NN=c1c(S(=O)(=O)O)cc(=NC2CCCCC2)c2c(=O)c3ccccc3c(=O)c1=2. The summed E-state index contributed by atoms with van der Waals surface area (Å²) < 4.78 is 40.7. The Bertz CT molecular complexity index is 2060. The highest BCUT2D eigenvalue weighted by atomic mass is 32.2. The molecule has 12 heteroatoms. The molecular formula is C28H25N3O8S. The molecule has 3 N–H and O–H groups in total. The molecule has 0 aliphatic heterocycles. The average molecular weight is 564 g/mol. The largest absolute Gasteiger partial charge is 0.495 e. The number of nitrogens with zero attached hydrogens (tertiary/aromatic N) is 2. The lowest BCUT2D eigenvalue weighted by atomic mass is 9.96. The number of aromatic carboxylic acids is 1. The third-order valence-electron chi connectivity index (χ3n) is 7.02. The van der Waals surface area contributed by atoms with E-state index >= 15 is 0 Å². The Morgan fingerprint density at radius 1 is 0.975 bits per heavy atom. The van der Waals surface area contributed by atoms with Crippen molar-refractivity contribution in [2.45, 2.75) is 43.0 Å². The number of methoxy groups -OCH3 is 1. The third-order valence-corrected chi connectivity index (χ3v) is 7.89. The number of hydrogen-bond acceptors (Lipinski definition) is 9. The second kappa shape index (κ2) is 10.6. The van der Waals surface area contributed by atoms with E-state index < -0.39 is 37.2 Å². The zero-order chi connectivity index (χ0) is 28.6. The number of anilines is 1. The summed E-state index contributed by atoms with van der Waals surface area (Å²) >= 11 is 0. The van der Waals surface area contributed by atoms with E-state index in [0.717, 1.165) is 38.2 Å². The van der Waals surface area contributed by atoms with E-state index in [2.05, 4.69) is 15.5 Å². The van der Waals surface area contributed by atoms with E-state index in [4.69, 9.17) is 4.74 Å². The first-order valence-corrected chi connectivity index (χ1v) is 14.0. The van der Waals surface area contributed by atoms with Crippen LogP contribution in [0, 0.1) is 10.4 Å². The highest BCUT2D eigenvalue weighted by molar-refractivity contribution is 7.85. The van der Waals surface area contributed by atoms with Crippen molar-refractivity contribution < 1.29 is 27.6 Å². The molecule has 40 heavy (non-hydrogen) atoms. The quantitative estimate of drug-likeness (QED) is 0.235. The van der Waals surface area contributed by atoms with Gasteiger partial charge in [-0.2, -0.15) is 13.5 Å². The van der Waals surface area contributed by atoms with Gasteiger partial charge in [0.15, 0.2) is 10.9 Å². The molecule has 0 spiro atoms. The van der Waals surface area contributed by atoms with Crippen LogP contribution in [0.5, 0.6) is 5.75 Å². The molecule has 0 aromatic heterocycles. The molecule has 0 atom stereocenters. The third kappa shape index (κ3) is 4.98. The Labute approximate surface area is 227 Å². The Morgan fingerprint density at radius 3 is 2.23 bits per heavy atom. The summed E-state index contributed by atoms with van der Waals surface area (Å²) in [5.41, 5.74) is 1.31. The van der Waals surface area contributed by atoms with Crippen molar-refractivity contribution in [2.24, 2.45) is 10.1 Å². The monoisotopic (exact) mass is 563 g/mol. The van der Waals surface area contributed by atoms with Gasteiger partial charge in [-0.05, 0) is 37.1 Å². The number of nitrogens with one attached hydrogen (secondary N) is 1. The molecule has 3 aliphatic carbocycles. The molecule has 0 saturated heterocycles. The zero-order valence-corrected chi connectivity index (χ0v) is 22.2. The predicted molar refractivity (Wildman–Crippen MR) is 146 cm³/mol. The van der Waals surface area contributed by atoms with Crippen LogP contribution in [0.25, 0.3) is 10.8 Å². The Morgan fingerprint density at radius 2 is 1.62 bits per heavy atom.